The molecule has 5 nitrogen and oxygen atoms in total. The Hall–Kier alpha value is -2.30. The molecule has 3 rings (SSSR count). The van der Waals surface area contributed by atoms with Crippen LogP contribution in [0.2, 0.25) is 0 Å². The summed E-state index contributed by atoms with van der Waals surface area (Å²) < 4.78 is 11.0. The molecule has 1 fully saturated rings. The van der Waals surface area contributed by atoms with Gasteiger partial charge >= 0.3 is 0 Å². The van der Waals surface area contributed by atoms with Gasteiger partial charge in [0.15, 0.2) is 0 Å². The van der Waals surface area contributed by atoms with Gasteiger partial charge in [0, 0.05) is 18.0 Å². The number of methoxy groups -OCH3 is 1. The van der Waals surface area contributed by atoms with Crippen molar-refractivity contribution in [3.8, 4) is 17.2 Å². The monoisotopic (exact) mass is 370 g/mol. The van der Waals surface area contributed by atoms with E-state index in [0.717, 1.165) is 54.4 Å². The minimum Gasteiger partial charge on any atom is -0.497 e. The van der Waals surface area contributed by atoms with Crippen LogP contribution in [0, 0.1) is 12.8 Å². The second kappa shape index (κ2) is 9.07. The molecule has 146 valence electrons. The van der Waals surface area contributed by atoms with Crippen LogP contribution in [0.15, 0.2) is 28.7 Å². The van der Waals surface area contributed by atoms with Crippen LogP contribution in [0.25, 0.3) is 11.5 Å². The van der Waals surface area contributed by atoms with Gasteiger partial charge in [-0.3, -0.25) is 4.79 Å². The summed E-state index contributed by atoms with van der Waals surface area (Å²) in [5.41, 5.74) is 1.86. The molecule has 0 saturated heterocycles. The maximum Gasteiger partial charge on any atom is 0.226 e. The zero-order chi connectivity index (χ0) is 19.2. The Bertz CT molecular complexity index is 743. The summed E-state index contributed by atoms with van der Waals surface area (Å²) in [4.78, 5) is 16.8. The summed E-state index contributed by atoms with van der Waals surface area (Å²) in [5.74, 6) is 3.20. The molecule has 0 spiro atoms. The summed E-state index contributed by atoms with van der Waals surface area (Å²) >= 11 is 0. The first-order valence-electron chi connectivity index (χ1n) is 9.95. The van der Waals surface area contributed by atoms with E-state index >= 15 is 0 Å². The van der Waals surface area contributed by atoms with Gasteiger partial charge in [-0.1, -0.05) is 6.92 Å². The van der Waals surface area contributed by atoms with E-state index in [0.29, 0.717) is 18.4 Å². The summed E-state index contributed by atoms with van der Waals surface area (Å²) in [6.07, 6.45) is 6.73. The number of rotatable bonds is 7. The number of carbonyl (C=O) groups excluding carboxylic acids is 1. The van der Waals surface area contributed by atoms with Crippen LogP contribution in [0.1, 0.15) is 56.9 Å². The van der Waals surface area contributed by atoms with Crippen molar-refractivity contribution in [2.45, 2.75) is 64.8 Å². The molecule has 0 aliphatic heterocycles. The molecule has 1 heterocycles. The van der Waals surface area contributed by atoms with E-state index in [1.165, 1.54) is 12.8 Å². The number of nitrogens with zero attached hydrogens (tertiary/aromatic N) is 1. The SMILES string of the molecule is COc1ccc(-c2nc(CCCC(=O)NC3CCC(C)CC3)c(C)o2)cc1. The maximum absolute atomic E-state index is 12.2. The second-order valence-corrected chi connectivity index (χ2v) is 7.63. The number of amides is 1. The van der Waals surface area contributed by atoms with Gasteiger partial charge in [-0.15, -0.1) is 0 Å². The van der Waals surface area contributed by atoms with Crippen molar-refractivity contribution in [2.75, 3.05) is 7.11 Å². The van der Waals surface area contributed by atoms with E-state index < -0.39 is 0 Å². The first kappa shape index (κ1) is 19.5. The fourth-order valence-corrected chi connectivity index (χ4v) is 3.64. The molecule has 0 atom stereocenters. The average molecular weight is 370 g/mol. The lowest BCUT2D eigenvalue weighted by Gasteiger charge is -2.26. The molecule has 1 aromatic heterocycles. The van der Waals surface area contributed by atoms with Crippen molar-refractivity contribution in [3.05, 3.63) is 35.7 Å². The summed E-state index contributed by atoms with van der Waals surface area (Å²) in [5, 5.41) is 3.19. The van der Waals surface area contributed by atoms with Gasteiger partial charge < -0.3 is 14.5 Å². The highest BCUT2D eigenvalue weighted by Gasteiger charge is 2.19. The number of benzene rings is 1. The van der Waals surface area contributed by atoms with Crippen molar-refractivity contribution < 1.29 is 13.9 Å². The number of carbonyl (C=O) groups is 1. The quantitative estimate of drug-likeness (QED) is 0.769. The molecule has 1 aliphatic rings. The fraction of sp³-hybridized carbons (Fsp3) is 0.545. The topological polar surface area (TPSA) is 64.4 Å². The Balaban J connectivity index is 1.48. The van der Waals surface area contributed by atoms with E-state index in [2.05, 4.69) is 17.2 Å². The minimum atomic E-state index is 0.158. The lowest BCUT2D eigenvalue weighted by molar-refractivity contribution is -0.122. The van der Waals surface area contributed by atoms with Gasteiger partial charge in [-0.05, 0) is 75.6 Å². The third kappa shape index (κ3) is 5.34. The van der Waals surface area contributed by atoms with Gasteiger partial charge in [0.25, 0.3) is 0 Å². The zero-order valence-corrected chi connectivity index (χ0v) is 16.6. The number of hydrogen-bond donors (Lipinski definition) is 1. The first-order valence-corrected chi connectivity index (χ1v) is 9.95. The van der Waals surface area contributed by atoms with Gasteiger partial charge in [-0.25, -0.2) is 4.98 Å². The molecule has 0 unspecified atom stereocenters. The minimum absolute atomic E-state index is 0.158. The van der Waals surface area contributed by atoms with Gasteiger partial charge in [0.1, 0.15) is 11.5 Å². The largest absolute Gasteiger partial charge is 0.497 e. The van der Waals surface area contributed by atoms with Crippen molar-refractivity contribution in [3.63, 3.8) is 0 Å². The number of oxazole rings is 1. The predicted molar refractivity (Wildman–Crippen MR) is 106 cm³/mol. The molecule has 1 aliphatic carbocycles. The molecule has 27 heavy (non-hydrogen) atoms. The lowest BCUT2D eigenvalue weighted by atomic mass is 9.87. The normalized spacial score (nSPS) is 19.7. The van der Waals surface area contributed by atoms with E-state index in [9.17, 15) is 4.79 Å². The molecule has 0 radical (unpaired) electrons. The van der Waals surface area contributed by atoms with Gasteiger partial charge in [0.2, 0.25) is 11.8 Å². The van der Waals surface area contributed by atoms with Gasteiger partial charge in [0.05, 0.1) is 12.8 Å². The van der Waals surface area contributed by atoms with Crippen LogP contribution in [-0.4, -0.2) is 24.0 Å². The van der Waals surface area contributed by atoms with E-state index in [1.807, 2.05) is 31.2 Å². The fourth-order valence-electron chi connectivity index (χ4n) is 3.64. The van der Waals surface area contributed by atoms with E-state index in [-0.39, 0.29) is 5.91 Å². The molecule has 1 amide bonds. The average Bonchev–Trinajstić information content (AvgIpc) is 3.04. The Labute approximate surface area is 161 Å². The summed E-state index contributed by atoms with van der Waals surface area (Å²) in [7, 11) is 1.65. The molecule has 0 bridgehead atoms. The lowest BCUT2D eigenvalue weighted by Crippen LogP contribution is -2.37. The second-order valence-electron chi connectivity index (χ2n) is 7.63. The molecular weight excluding hydrogens is 340 g/mol. The highest BCUT2D eigenvalue weighted by molar-refractivity contribution is 5.76. The predicted octanol–water partition coefficient (Wildman–Crippen LogP) is 4.68. The summed E-state index contributed by atoms with van der Waals surface area (Å²) in [6.45, 7) is 4.22. The van der Waals surface area contributed by atoms with E-state index in [1.54, 1.807) is 7.11 Å². The zero-order valence-electron chi connectivity index (χ0n) is 16.6. The first-order chi connectivity index (χ1) is 13.0. The number of aryl methyl sites for hydroxylation is 2. The standard InChI is InChI=1S/C22H30N2O3/c1-15-7-11-18(12-8-15)23-21(25)6-4-5-20-16(2)27-22(24-20)17-9-13-19(26-3)14-10-17/h9-10,13-15,18H,4-8,11-12H2,1-3H3,(H,23,25). The Morgan fingerprint density at radius 3 is 2.59 bits per heavy atom. The highest BCUT2D eigenvalue weighted by Crippen LogP contribution is 2.25. The van der Waals surface area contributed by atoms with Crippen LogP contribution in [0.4, 0.5) is 0 Å². The third-order valence-corrected chi connectivity index (χ3v) is 5.43. The molecule has 2 aromatic rings. The Morgan fingerprint density at radius 2 is 1.93 bits per heavy atom. The van der Waals surface area contributed by atoms with E-state index in [4.69, 9.17) is 9.15 Å². The van der Waals surface area contributed by atoms with Crippen LogP contribution in [-0.2, 0) is 11.2 Å². The van der Waals surface area contributed by atoms with Crippen LogP contribution in [0.3, 0.4) is 0 Å². The van der Waals surface area contributed by atoms with Gasteiger partial charge in [-0.2, -0.15) is 0 Å². The molecule has 1 saturated carbocycles. The number of aromatic nitrogens is 1. The van der Waals surface area contributed by atoms with Crippen molar-refractivity contribution >= 4 is 5.91 Å². The van der Waals surface area contributed by atoms with Crippen LogP contribution in [0.5, 0.6) is 5.75 Å². The molecular formula is C22H30N2O3. The molecule has 5 heteroatoms. The molecule has 1 aromatic carbocycles. The number of hydrogen-bond acceptors (Lipinski definition) is 4. The maximum atomic E-state index is 12.2. The van der Waals surface area contributed by atoms with Crippen LogP contribution >= 0.6 is 0 Å². The van der Waals surface area contributed by atoms with Crippen molar-refractivity contribution in [1.82, 2.24) is 10.3 Å². The highest BCUT2D eigenvalue weighted by atomic mass is 16.5. The number of nitrogens with one attached hydrogen (secondary N) is 1. The Morgan fingerprint density at radius 1 is 1.22 bits per heavy atom. The smallest absolute Gasteiger partial charge is 0.226 e. The Kier molecular flexibility index (Phi) is 6.54. The van der Waals surface area contributed by atoms with Crippen molar-refractivity contribution in [2.24, 2.45) is 5.92 Å². The van der Waals surface area contributed by atoms with Crippen molar-refractivity contribution in [1.29, 1.82) is 0 Å². The van der Waals surface area contributed by atoms with Crippen LogP contribution < -0.4 is 10.1 Å². The number of ether oxygens (including phenoxy) is 1. The summed E-state index contributed by atoms with van der Waals surface area (Å²) in [6, 6.07) is 8.03. The molecule has 1 N–H and O–H groups in total. The third-order valence-electron chi connectivity index (χ3n) is 5.43.